The van der Waals surface area contributed by atoms with Gasteiger partial charge in [0.05, 0.1) is 18.2 Å². The van der Waals surface area contributed by atoms with Crippen molar-refractivity contribution in [2.24, 2.45) is 0 Å². The fourth-order valence-corrected chi connectivity index (χ4v) is 3.76. The van der Waals surface area contributed by atoms with Crippen LogP contribution in [0.25, 0.3) is 10.9 Å². The van der Waals surface area contributed by atoms with Gasteiger partial charge in [0.2, 0.25) is 6.79 Å². The molecule has 1 unspecified atom stereocenters. The summed E-state index contributed by atoms with van der Waals surface area (Å²) in [4.78, 5) is 17.6. The number of nitrogens with one attached hydrogen (secondary N) is 2. The van der Waals surface area contributed by atoms with Gasteiger partial charge in [-0.05, 0) is 44.1 Å². The van der Waals surface area contributed by atoms with Crippen LogP contribution in [0, 0.1) is 0 Å². The SMILES string of the molecule is CCNC(=S)N(Cc1cc2cc3c(cc2[nH]c1=O)OCO3)CC1CCCO1. The van der Waals surface area contributed by atoms with Gasteiger partial charge in [-0.3, -0.25) is 4.79 Å². The predicted octanol–water partition coefficient (Wildman–Crippen LogP) is 2.13. The first-order valence-corrected chi connectivity index (χ1v) is 9.65. The van der Waals surface area contributed by atoms with Crippen molar-refractivity contribution >= 4 is 28.2 Å². The van der Waals surface area contributed by atoms with Crippen LogP contribution in [0.15, 0.2) is 23.0 Å². The number of rotatable bonds is 5. The Labute approximate surface area is 162 Å². The lowest BCUT2D eigenvalue weighted by atomic mass is 10.1. The number of aromatic amines is 1. The van der Waals surface area contributed by atoms with Crippen LogP contribution in [0.2, 0.25) is 0 Å². The first-order valence-electron chi connectivity index (χ1n) is 9.24. The highest BCUT2D eigenvalue weighted by molar-refractivity contribution is 7.80. The number of ether oxygens (including phenoxy) is 3. The Hall–Kier alpha value is -2.32. The molecule has 2 N–H and O–H groups in total. The van der Waals surface area contributed by atoms with Crippen molar-refractivity contribution in [2.75, 3.05) is 26.5 Å². The van der Waals surface area contributed by atoms with Crippen molar-refractivity contribution in [1.82, 2.24) is 15.2 Å². The van der Waals surface area contributed by atoms with E-state index in [1.807, 2.05) is 24.0 Å². The highest BCUT2D eigenvalue weighted by Crippen LogP contribution is 2.35. The standard InChI is InChI=1S/C19H23N3O4S/c1-2-20-19(27)22(10-14-4-3-5-24-14)9-13-6-12-7-16-17(26-11-25-16)8-15(12)21-18(13)23/h6-8,14H,2-5,9-11H2,1H3,(H,20,27)(H,21,23). The monoisotopic (exact) mass is 389 g/mol. The summed E-state index contributed by atoms with van der Waals surface area (Å²) in [5.41, 5.74) is 1.26. The number of pyridine rings is 1. The summed E-state index contributed by atoms with van der Waals surface area (Å²) in [5, 5.41) is 4.72. The number of hydrogen-bond acceptors (Lipinski definition) is 5. The number of H-pyrrole nitrogens is 1. The van der Waals surface area contributed by atoms with Gasteiger partial charge in [0.1, 0.15) is 0 Å². The first kappa shape index (κ1) is 18.1. The molecule has 3 heterocycles. The van der Waals surface area contributed by atoms with E-state index in [-0.39, 0.29) is 18.5 Å². The van der Waals surface area contributed by atoms with Crippen LogP contribution in [0.4, 0.5) is 0 Å². The number of thiocarbonyl (C=S) groups is 1. The minimum atomic E-state index is -0.127. The largest absolute Gasteiger partial charge is 0.454 e. The summed E-state index contributed by atoms with van der Waals surface area (Å²) >= 11 is 5.52. The van der Waals surface area contributed by atoms with Crippen molar-refractivity contribution < 1.29 is 14.2 Å². The van der Waals surface area contributed by atoms with Gasteiger partial charge in [0, 0.05) is 36.7 Å². The molecule has 0 aliphatic carbocycles. The van der Waals surface area contributed by atoms with Gasteiger partial charge >= 0.3 is 0 Å². The van der Waals surface area contributed by atoms with E-state index >= 15 is 0 Å². The topological polar surface area (TPSA) is 75.8 Å². The maximum Gasteiger partial charge on any atom is 0.253 e. The lowest BCUT2D eigenvalue weighted by Crippen LogP contribution is -2.43. The van der Waals surface area contributed by atoms with Gasteiger partial charge < -0.3 is 29.4 Å². The summed E-state index contributed by atoms with van der Waals surface area (Å²) in [7, 11) is 0. The van der Waals surface area contributed by atoms with Gasteiger partial charge in [0.25, 0.3) is 5.56 Å². The van der Waals surface area contributed by atoms with Gasteiger partial charge in [-0.25, -0.2) is 0 Å². The van der Waals surface area contributed by atoms with E-state index < -0.39 is 0 Å². The van der Waals surface area contributed by atoms with Crippen LogP contribution in [-0.2, 0) is 11.3 Å². The average molecular weight is 389 g/mol. The molecule has 8 heteroatoms. The van der Waals surface area contributed by atoms with E-state index in [4.69, 9.17) is 26.4 Å². The molecule has 0 amide bonds. The Kier molecular flexibility index (Phi) is 5.18. The Balaban J connectivity index is 1.62. The van der Waals surface area contributed by atoms with Gasteiger partial charge in [-0.1, -0.05) is 0 Å². The zero-order valence-corrected chi connectivity index (χ0v) is 16.1. The number of fused-ring (bicyclic) bond motifs is 2. The molecule has 0 radical (unpaired) electrons. The molecule has 0 bridgehead atoms. The molecule has 0 spiro atoms. The Morgan fingerprint density at radius 2 is 2.15 bits per heavy atom. The third-order valence-corrected chi connectivity index (χ3v) is 5.24. The fraction of sp³-hybridized carbons (Fsp3) is 0.474. The quantitative estimate of drug-likeness (QED) is 0.759. The van der Waals surface area contributed by atoms with Crippen LogP contribution in [-0.4, -0.2) is 47.6 Å². The molecule has 27 heavy (non-hydrogen) atoms. The van der Waals surface area contributed by atoms with Gasteiger partial charge in [-0.15, -0.1) is 0 Å². The Bertz CT molecular complexity index is 908. The second-order valence-electron chi connectivity index (χ2n) is 6.77. The van der Waals surface area contributed by atoms with Crippen LogP contribution >= 0.6 is 12.2 Å². The molecule has 2 aliphatic rings. The van der Waals surface area contributed by atoms with Crippen LogP contribution in [0.1, 0.15) is 25.3 Å². The van der Waals surface area contributed by atoms with Crippen LogP contribution in [0.5, 0.6) is 11.5 Å². The smallest absolute Gasteiger partial charge is 0.253 e. The number of nitrogens with zero attached hydrogens (tertiary/aromatic N) is 1. The molecule has 144 valence electrons. The fourth-order valence-electron chi connectivity index (χ4n) is 3.48. The molecular weight excluding hydrogens is 366 g/mol. The molecule has 7 nitrogen and oxygen atoms in total. The summed E-state index contributed by atoms with van der Waals surface area (Å²) < 4.78 is 16.6. The minimum absolute atomic E-state index is 0.127. The first-order chi connectivity index (χ1) is 13.1. The van der Waals surface area contributed by atoms with Crippen molar-refractivity contribution in [3.8, 4) is 11.5 Å². The molecule has 1 fully saturated rings. The summed E-state index contributed by atoms with van der Waals surface area (Å²) in [6, 6.07) is 5.59. The molecule has 2 aliphatic heterocycles. The minimum Gasteiger partial charge on any atom is -0.454 e. The summed E-state index contributed by atoms with van der Waals surface area (Å²) in [6.07, 6.45) is 2.23. The Morgan fingerprint density at radius 1 is 1.33 bits per heavy atom. The zero-order chi connectivity index (χ0) is 18.8. The molecule has 2 aromatic rings. The molecule has 4 rings (SSSR count). The number of hydrogen-bond donors (Lipinski definition) is 2. The Morgan fingerprint density at radius 3 is 2.89 bits per heavy atom. The molecule has 1 aromatic carbocycles. The van der Waals surface area contributed by atoms with E-state index in [9.17, 15) is 4.79 Å². The molecular formula is C19H23N3O4S. The number of aromatic nitrogens is 1. The van der Waals surface area contributed by atoms with E-state index in [0.717, 1.165) is 36.9 Å². The molecule has 1 saturated heterocycles. The highest BCUT2D eigenvalue weighted by atomic mass is 32.1. The third kappa shape index (κ3) is 3.86. The van der Waals surface area contributed by atoms with Crippen LogP contribution < -0.4 is 20.3 Å². The normalized spacial score (nSPS) is 18.0. The predicted molar refractivity (Wildman–Crippen MR) is 106 cm³/mol. The molecule has 1 atom stereocenters. The van der Waals surface area contributed by atoms with Crippen molar-refractivity contribution in [2.45, 2.75) is 32.4 Å². The maximum atomic E-state index is 12.6. The third-order valence-electron chi connectivity index (χ3n) is 4.84. The number of benzene rings is 1. The van der Waals surface area contributed by atoms with E-state index in [1.54, 1.807) is 6.07 Å². The van der Waals surface area contributed by atoms with Gasteiger partial charge in [-0.2, -0.15) is 0 Å². The maximum absolute atomic E-state index is 12.6. The van der Waals surface area contributed by atoms with Crippen molar-refractivity contribution in [3.05, 3.63) is 34.1 Å². The van der Waals surface area contributed by atoms with E-state index in [1.165, 1.54) is 0 Å². The summed E-state index contributed by atoms with van der Waals surface area (Å²) in [5.74, 6) is 1.35. The zero-order valence-electron chi connectivity index (χ0n) is 15.2. The summed E-state index contributed by atoms with van der Waals surface area (Å²) in [6.45, 7) is 4.82. The average Bonchev–Trinajstić information content (AvgIpc) is 3.31. The van der Waals surface area contributed by atoms with Crippen molar-refractivity contribution in [1.29, 1.82) is 0 Å². The van der Waals surface area contributed by atoms with Gasteiger partial charge in [0.15, 0.2) is 16.6 Å². The van der Waals surface area contributed by atoms with E-state index in [2.05, 4.69) is 10.3 Å². The second kappa shape index (κ2) is 7.74. The molecule has 0 saturated carbocycles. The molecule has 1 aromatic heterocycles. The second-order valence-corrected chi connectivity index (χ2v) is 7.15. The highest BCUT2D eigenvalue weighted by Gasteiger charge is 2.22. The van der Waals surface area contributed by atoms with Crippen LogP contribution in [0.3, 0.4) is 0 Å². The lowest BCUT2D eigenvalue weighted by Gasteiger charge is -2.28. The van der Waals surface area contributed by atoms with E-state index in [0.29, 0.717) is 35.3 Å². The lowest BCUT2D eigenvalue weighted by molar-refractivity contribution is 0.0897. The van der Waals surface area contributed by atoms with Crippen molar-refractivity contribution in [3.63, 3.8) is 0 Å².